The maximum Gasteiger partial charge on any atom is 0.374 e. The largest absolute Gasteiger partial charge is 0.501 e. The second-order valence-electron chi connectivity index (χ2n) is 3.79. The second-order valence-corrected chi connectivity index (χ2v) is 3.79. The van der Waals surface area contributed by atoms with Gasteiger partial charge in [-0.2, -0.15) is 5.10 Å². The highest BCUT2D eigenvalue weighted by Crippen LogP contribution is 2.14. The lowest BCUT2D eigenvalue weighted by atomic mass is 10.1. The van der Waals surface area contributed by atoms with Gasteiger partial charge in [-0.1, -0.05) is 0 Å². The molecular weight excluding hydrogens is 280 g/mol. The van der Waals surface area contributed by atoms with Gasteiger partial charge in [0.05, 0.1) is 18.4 Å². The third kappa shape index (κ3) is 4.00. The van der Waals surface area contributed by atoms with Crippen molar-refractivity contribution < 1.29 is 24.2 Å². The number of primary amides is 1. The van der Waals surface area contributed by atoms with Crippen molar-refractivity contribution in [1.82, 2.24) is 10.2 Å². The van der Waals surface area contributed by atoms with E-state index in [-0.39, 0.29) is 23.6 Å². The minimum absolute atomic E-state index is 0.00194. The van der Waals surface area contributed by atoms with E-state index in [0.717, 1.165) is 19.3 Å². The third-order valence-electron chi connectivity index (χ3n) is 2.31. The van der Waals surface area contributed by atoms with E-state index in [2.05, 4.69) is 19.9 Å². The molecule has 0 radical (unpaired) electrons. The van der Waals surface area contributed by atoms with Crippen molar-refractivity contribution in [2.24, 2.45) is 10.7 Å². The Kier molecular flexibility index (Phi) is 5.35. The van der Waals surface area contributed by atoms with Gasteiger partial charge in [-0.05, 0) is 13.8 Å². The number of aromatic nitrogens is 2. The first-order valence-electron chi connectivity index (χ1n) is 5.87. The molecule has 0 aromatic carbocycles. The van der Waals surface area contributed by atoms with Gasteiger partial charge in [-0.25, -0.2) is 9.79 Å². The number of aliphatic imine (C=N–C) groups is 1. The number of rotatable bonds is 6. The molecule has 9 nitrogen and oxygen atoms in total. The third-order valence-corrected chi connectivity index (χ3v) is 2.31. The van der Waals surface area contributed by atoms with Crippen molar-refractivity contribution in [1.29, 1.82) is 0 Å². The lowest BCUT2D eigenvalue weighted by Gasteiger charge is -2.03. The van der Waals surface area contributed by atoms with Gasteiger partial charge in [0.2, 0.25) is 5.76 Å². The van der Waals surface area contributed by atoms with Crippen molar-refractivity contribution in [3.8, 4) is 0 Å². The Labute approximate surface area is 119 Å². The minimum Gasteiger partial charge on any atom is -0.501 e. The Morgan fingerprint density at radius 1 is 1.52 bits per heavy atom. The molecule has 9 heteroatoms. The fourth-order valence-corrected chi connectivity index (χ4v) is 1.32. The van der Waals surface area contributed by atoms with Gasteiger partial charge in [-0.15, -0.1) is 0 Å². The topological polar surface area (TPSA) is 148 Å². The zero-order valence-corrected chi connectivity index (χ0v) is 11.4. The number of hydrogen-bond donors (Lipinski definition) is 3. The van der Waals surface area contributed by atoms with Crippen molar-refractivity contribution in [3.63, 3.8) is 0 Å². The number of nitrogens with two attached hydrogens (primary N) is 1. The van der Waals surface area contributed by atoms with Crippen molar-refractivity contribution in [3.05, 3.63) is 23.1 Å². The maximum absolute atomic E-state index is 11.4. The molecule has 1 rings (SSSR count). The highest BCUT2D eigenvalue weighted by molar-refractivity contribution is 6.17. The van der Waals surface area contributed by atoms with Gasteiger partial charge in [0, 0.05) is 6.21 Å². The Balaban J connectivity index is 3.14. The number of allylic oxidation sites excluding steroid dienone is 1. The normalized spacial score (nSPS) is 12.1. The van der Waals surface area contributed by atoms with Crippen molar-refractivity contribution >= 4 is 29.7 Å². The quantitative estimate of drug-likeness (QED) is 0.295. The van der Waals surface area contributed by atoms with Crippen LogP contribution in [0.2, 0.25) is 0 Å². The Bertz CT molecular complexity index is 629. The molecule has 0 aliphatic rings. The first kappa shape index (κ1) is 16.1. The smallest absolute Gasteiger partial charge is 0.374 e. The molecule has 112 valence electrons. The van der Waals surface area contributed by atoms with E-state index >= 15 is 0 Å². The zero-order valence-electron chi connectivity index (χ0n) is 11.4. The molecule has 0 atom stereocenters. The number of H-pyrrole nitrogens is 1. The summed E-state index contributed by atoms with van der Waals surface area (Å²) in [6.45, 7) is 2.73. The number of ether oxygens (including phenoxy) is 1. The van der Waals surface area contributed by atoms with Gasteiger partial charge < -0.3 is 15.6 Å². The Morgan fingerprint density at radius 3 is 2.71 bits per heavy atom. The number of carbonyl (C=O) groups is 3. The van der Waals surface area contributed by atoms with Gasteiger partial charge in [-0.3, -0.25) is 14.7 Å². The first-order valence-corrected chi connectivity index (χ1v) is 5.87. The lowest BCUT2D eigenvalue weighted by Crippen LogP contribution is -2.14. The summed E-state index contributed by atoms with van der Waals surface area (Å²) in [6, 6.07) is 0. The molecule has 1 heterocycles. The average Bonchev–Trinajstić information content (AvgIpc) is 2.87. The van der Waals surface area contributed by atoms with Gasteiger partial charge in [0.25, 0.3) is 5.91 Å². The van der Waals surface area contributed by atoms with Gasteiger partial charge >= 0.3 is 5.97 Å². The van der Waals surface area contributed by atoms with Crippen LogP contribution in [0.1, 0.15) is 24.2 Å². The highest BCUT2D eigenvalue weighted by Gasteiger charge is 2.18. The van der Waals surface area contributed by atoms with E-state index in [9.17, 15) is 19.5 Å². The number of Topliss-reactive ketones (excluding diaryl/α,β-unsaturated/α-hetero) is 1. The fourth-order valence-electron chi connectivity index (χ4n) is 1.32. The van der Waals surface area contributed by atoms with Crippen LogP contribution in [0.3, 0.4) is 0 Å². The van der Waals surface area contributed by atoms with Crippen LogP contribution in [0.4, 0.5) is 5.82 Å². The number of aliphatic hydroxyl groups excluding tert-OH is 1. The number of ketones is 1. The molecule has 0 fully saturated rings. The monoisotopic (exact) mass is 294 g/mol. The average molecular weight is 294 g/mol. The fraction of sp³-hybridized carbons (Fsp3) is 0.250. The molecule has 21 heavy (non-hydrogen) atoms. The second kappa shape index (κ2) is 6.98. The maximum atomic E-state index is 11.4. The molecule has 0 saturated carbocycles. The predicted octanol–water partition coefficient (Wildman–Crippen LogP) is 0.175. The number of amides is 1. The first-order chi connectivity index (χ1) is 9.88. The number of nitrogens with zero attached hydrogens (tertiary/aromatic N) is 2. The molecule has 1 aromatic heterocycles. The summed E-state index contributed by atoms with van der Waals surface area (Å²) in [4.78, 5) is 37.7. The summed E-state index contributed by atoms with van der Waals surface area (Å²) in [6.07, 6.45) is 2.09. The van der Waals surface area contributed by atoms with Crippen LogP contribution >= 0.6 is 0 Å². The molecule has 0 aliphatic heterocycles. The van der Waals surface area contributed by atoms with Crippen LogP contribution < -0.4 is 5.73 Å². The SMILES string of the molecule is CCOC(=O)/C(O)=C(/C=N/c1[nH]ncc1C(N)=O)C(C)=O. The summed E-state index contributed by atoms with van der Waals surface area (Å²) >= 11 is 0. The van der Waals surface area contributed by atoms with E-state index in [1.807, 2.05) is 0 Å². The van der Waals surface area contributed by atoms with Crippen LogP contribution in [0.15, 0.2) is 22.5 Å². The number of nitrogens with one attached hydrogen (secondary N) is 1. The molecule has 0 saturated heterocycles. The number of carbonyl (C=O) groups excluding carboxylic acids is 3. The molecule has 0 spiro atoms. The van der Waals surface area contributed by atoms with E-state index in [1.54, 1.807) is 6.92 Å². The molecule has 1 aromatic rings. The molecule has 1 amide bonds. The van der Waals surface area contributed by atoms with Gasteiger partial charge in [0.15, 0.2) is 11.6 Å². The van der Waals surface area contributed by atoms with E-state index in [4.69, 9.17) is 5.73 Å². The standard InChI is InChI=1S/C12H14N4O5/c1-3-21-12(20)9(18)7(6(2)17)4-14-11-8(10(13)19)5-15-16-11/h4-5,18H,3H2,1-2H3,(H2,13,19)(H,15,16)/b9-7+,14-4+. The summed E-state index contributed by atoms with van der Waals surface area (Å²) in [5, 5.41) is 15.6. The Morgan fingerprint density at radius 2 is 2.19 bits per heavy atom. The molecule has 4 N–H and O–H groups in total. The number of esters is 1. The summed E-state index contributed by atoms with van der Waals surface area (Å²) in [5.74, 6) is -3.29. The number of hydrogen-bond acceptors (Lipinski definition) is 7. The van der Waals surface area contributed by atoms with E-state index < -0.39 is 23.4 Å². The van der Waals surface area contributed by atoms with Crippen LogP contribution in [0, 0.1) is 0 Å². The Hall–Kier alpha value is -2.97. The minimum atomic E-state index is -1.05. The van der Waals surface area contributed by atoms with E-state index in [0.29, 0.717) is 0 Å². The van der Waals surface area contributed by atoms with Crippen LogP contribution in [0.5, 0.6) is 0 Å². The van der Waals surface area contributed by atoms with Crippen LogP contribution in [0.25, 0.3) is 0 Å². The number of aliphatic hydroxyl groups is 1. The summed E-state index contributed by atoms with van der Waals surface area (Å²) in [5.41, 5.74) is 4.74. The molecule has 0 unspecified atom stereocenters. The molecular formula is C12H14N4O5. The molecule has 0 bridgehead atoms. The van der Waals surface area contributed by atoms with Crippen LogP contribution in [-0.2, 0) is 14.3 Å². The number of aromatic amines is 1. The van der Waals surface area contributed by atoms with E-state index in [1.165, 1.54) is 0 Å². The summed E-state index contributed by atoms with van der Waals surface area (Å²) in [7, 11) is 0. The van der Waals surface area contributed by atoms with Gasteiger partial charge in [0.1, 0.15) is 5.56 Å². The highest BCUT2D eigenvalue weighted by atomic mass is 16.5. The molecule has 0 aliphatic carbocycles. The van der Waals surface area contributed by atoms with Crippen molar-refractivity contribution in [2.75, 3.05) is 6.61 Å². The zero-order chi connectivity index (χ0) is 16.0. The van der Waals surface area contributed by atoms with Crippen LogP contribution in [-0.4, -0.2) is 45.8 Å². The predicted molar refractivity (Wildman–Crippen MR) is 72.2 cm³/mol. The lowest BCUT2D eigenvalue weighted by molar-refractivity contribution is -0.141. The van der Waals surface area contributed by atoms with Crippen molar-refractivity contribution in [2.45, 2.75) is 13.8 Å². The summed E-state index contributed by atoms with van der Waals surface area (Å²) < 4.78 is 4.58.